The van der Waals surface area contributed by atoms with E-state index in [1.165, 1.54) is 5.56 Å². The van der Waals surface area contributed by atoms with Crippen molar-refractivity contribution >= 4 is 5.91 Å². The van der Waals surface area contributed by atoms with Crippen LogP contribution in [0.2, 0.25) is 0 Å². The third-order valence-electron chi connectivity index (χ3n) is 3.20. The van der Waals surface area contributed by atoms with E-state index in [0.717, 1.165) is 11.3 Å². The third-order valence-corrected chi connectivity index (χ3v) is 3.20. The summed E-state index contributed by atoms with van der Waals surface area (Å²) in [7, 11) is 0. The van der Waals surface area contributed by atoms with Gasteiger partial charge in [0.2, 0.25) is 0 Å². The lowest BCUT2D eigenvalue weighted by atomic mass is 10.1. The monoisotopic (exact) mass is 273 g/mol. The summed E-state index contributed by atoms with van der Waals surface area (Å²) in [5, 5.41) is 2.82. The Kier molecular flexibility index (Phi) is 4.45. The van der Waals surface area contributed by atoms with Gasteiger partial charge in [0, 0.05) is 0 Å². The van der Waals surface area contributed by atoms with Gasteiger partial charge in [0.1, 0.15) is 11.5 Å². The van der Waals surface area contributed by atoms with E-state index in [1.807, 2.05) is 45.0 Å². The van der Waals surface area contributed by atoms with Crippen LogP contribution in [0, 0.1) is 13.8 Å². The second-order valence-corrected chi connectivity index (χ2v) is 4.84. The summed E-state index contributed by atoms with van der Waals surface area (Å²) < 4.78 is 10.7. The Bertz CT molecular complexity index is 575. The molecule has 0 aliphatic heterocycles. The molecule has 0 unspecified atom stereocenters. The second kappa shape index (κ2) is 6.28. The minimum Gasteiger partial charge on any atom is -0.484 e. The normalized spacial score (nSPS) is 11.9. The molecule has 4 heteroatoms. The fraction of sp³-hybridized carbons (Fsp3) is 0.312. The molecule has 4 nitrogen and oxygen atoms in total. The fourth-order valence-electron chi connectivity index (χ4n) is 1.84. The second-order valence-electron chi connectivity index (χ2n) is 4.84. The van der Waals surface area contributed by atoms with Gasteiger partial charge >= 0.3 is 0 Å². The molecule has 20 heavy (non-hydrogen) atoms. The van der Waals surface area contributed by atoms with Crippen molar-refractivity contribution in [3.63, 3.8) is 0 Å². The van der Waals surface area contributed by atoms with Gasteiger partial charge in [-0.15, -0.1) is 0 Å². The van der Waals surface area contributed by atoms with E-state index in [9.17, 15) is 4.79 Å². The number of benzene rings is 1. The first-order chi connectivity index (χ1) is 9.56. The molecular weight excluding hydrogens is 254 g/mol. The van der Waals surface area contributed by atoms with Gasteiger partial charge in [-0.3, -0.25) is 4.79 Å². The molecule has 106 valence electrons. The van der Waals surface area contributed by atoms with Gasteiger partial charge in [-0.25, -0.2) is 0 Å². The number of carbonyl (C=O) groups excluding carboxylic acids is 1. The van der Waals surface area contributed by atoms with E-state index in [1.54, 1.807) is 12.3 Å². The number of ether oxygens (including phenoxy) is 1. The van der Waals surface area contributed by atoms with Crippen LogP contribution in [0.15, 0.2) is 41.0 Å². The summed E-state index contributed by atoms with van der Waals surface area (Å²) >= 11 is 0. The van der Waals surface area contributed by atoms with Crippen molar-refractivity contribution in [1.29, 1.82) is 0 Å². The molecule has 1 amide bonds. The van der Waals surface area contributed by atoms with Crippen molar-refractivity contribution in [2.75, 3.05) is 6.61 Å². The highest BCUT2D eigenvalue weighted by Gasteiger charge is 2.12. The van der Waals surface area contributed by atoms with E-state index in [2.05, 4.69) is 5.32 Å². The van der Waals surface area contributed by atoms with E-state index in [0.29, 0.717) is 5.75 Å². The molecule has 2 aromatic rings. The summed E-state index contributed by atoms with van der Waals surface area (Å²) in [4.78, 5) is 11.8. The maximum absolute atomic E-state index is 11.8. The smallest absolute Gasteiger partial charge is 0.258 e. The SMILES string of the molecule is Cc1ccc(OCC(=O)N[C@@H](C)c2ccco2)cc1C. The number of carbonyl (C=O) groups is 1. The predicted molar refractivity (Wildman–Crippen MR) is 76.7 cm³/mol. The van der Waals surface area contributed by atoms with E-state index >= 15 is 0 Å². The Hall–Kier alpha value is -2.23. The molecule has 0 saturated carbocycles. The number of aryl methyl sites for hydroxylation is 2. The van der Waals surface area contributed by atoms with Crippen molar-refractivity contribution in [2.24, 2.45) is 0 Å². The number of furan rings is 1. The lowest BCUT2D eigenvalue weighted by molar-refractivity contribution is -0.123. The van der Waals surface area contributed by atoms with Gasteiger partial charge in [0.05, 0.1) is 12.3 Å². The quantitative estimate of drug-likeness (QED) is 0.910. The molecule has 0 bridgehead atoms. The third kappa shape index (κ3) is 3.63. The van der Waals surface area contributed by atoms with Crippen LogP contribution in [0.1, 0.15) is 29.9 Å². The summed E-state index contributed by atoms with van der Waals surface area (Å²) in [5.41, 5.74) is 2.35. The van der Waals surface area contributed by atoms with Crippen LogP contribution in [0.4, 0.5) is 0 Å². The number of amides is 1. The molecule has 1 aromatic carbocycles. The first-order valence-electron chi connectivity index (χ1n) is 6.59. The van der Waals surface area contributed by atoms with Crippen molar-refractivity contribution in [3.05, 3.63) is 53.5 Å². The summed E-state index contributed by atoms with van der Waals surface area (Å²) in [6, 6.07) is 9.23. The minimum atomic E-state index is -0.174. The van der Waals surface area contributed by atoms with Crippen molar-refractivity contribution in [2.45, 2.75) is 26.8 Å². The van der Waals surface area contributed by atoms with Gasteiger partial charge in [0.15, 0.2) is 6.61 Å². The van der Waals surface area contributed by atoms with Gasteiger partial charge in [-0.1, -0.05) is 6.07 Å². The Morgan fingerprint density at radius 1 is 1.30 bits per heavy atom. The van der Waals surface area contributed by atoms with Crippen molar-refractivity contribution in [1.82, 2.24) is 5.32 Å². The van der Waals surface area contributed by atoms with Crippen LogP contribution < -0.4 is 10.1 Å². The highest BCUT2D eigenvalue weighted by molar-refractivity contribution is 5.77. The molecule has 1 atom stereocenters. The largest absolute Gasteiger partial charge is 0.484 e. The molecule has 0 fully saturated rings. The lowest BCUT2D eigenvalue weighted by Crippen LogP contribution is -2.31. The van der Waals surface area contributed by atoms with E-state index < -0.39 is 0 Å². The van der Waals surface area contributed by atoms with Crippen molar-refractivity contribution in [3.8, 4) is 5.75 Å². The molecule has 0 saturated heterocycles. The molecule has 2 rings (SSSR count). The molecule has 1 N–H and O–H groups in total. The maximum atomic E-state index is 11.8. The summed E-state index contributed by atoms with van der Waals surface area (Å²) in [5.74, 6) is 1.26. The molecule has 0 aliphatic rings. The van der Waals surface area contributed by atoms with Crippen LogP contribution in [0.25, 0.3) is 0 Å². The minimum absolute atomic E-state index is 0.00640. The Labute approximate surface area is 118 Å². The molecule has 0 radical (unpaired) electrons. The van der Waals surface area contributed by atoms with E-state index in [-0.39, 0.29) is 18.6 Å². The topological polar surface area (TPSA) is 51.5 Å². The standard InChI is InChI=1S/C16H19NO3/c1-11-6-7-14(9-12(11)2)20-10-16(18)17-13(3)15-5-4-8-19-15/h4-9,13H,10H2,1-3H3,(H,17,18)/t13-/m0/s1. The van der Waals surface area contributed by atoms with Crippen LogP contribution in [0.3, 0.4) is 0 Å². The Balaban J connectivity index is 1.84. The zero-order chi connectivity index (χ0) is 14.5. The fourth-order valence-corrected chi connectivity index (χ4v) is 1.84. The predicted octanol–water partition coefficient (Wildman–Crippen LogP) is 3.15. The van der Waals surface area contributed by atoms with Gasteiger partial charge in [-0.05, 0) is 56.2 Å². The lowest BCUT2D eigenvalue weighted by Gasteiger charge is -2.12. The highest BCUT2D eigenvalue weighted by Crippen LogP contribution is 2.16. The van der Waals surface area contributed by atoms with Gasteiger partial charge in [0.25, 0.3) is 5.91 Å². The number of hydrogen-bond donors (Lipinski definition) is 1. The zero-order valence-corrected chi connectivity index (χ0v) is 12.0. The van der Waals surface area contributed by atoms with Crippen LogP contribution >= 0.6 is 0 Å². The first-order valence-corrected chi connectivity index (χ1v) is 6.59. The Morgan fingerprint density at radius 2 is 2.10 bits per heavy atom. The van der Waals surface area contributed by atoms with Crippen molar-refractivity contribution < 1.29 is 13.9 Å². The average Bonchev–Trinajstić information content (AvgIpc) is 2.94. The van der Waals surface area contributed by atoms with Gasteiger partial charge < -0.3 is 14.5 Å². The molecule has 1 aromatic heterocycles. The Morgan fingerprint density at radius 3 is 2.75 bits per heavy atom. The summed E-state index contributed by atoms with van der Waals surface area (Å²) in [6.45, 7) is 5.92. The molecule has 0 aliphatic carbocycles. The van der Waals surface area contributed by atoms with E-state index in [4.69, 9.17) is 9.15 Å². The van der Waals surface area contributed by atoms with Crippen LogP contribution in [-0.2, 0) is 4.79 Å². The van der Waals surface area contributed by atoms with Crippen LogP contribution in [0.5, 0.6) is 5.75 Å². The zero-order valence-electron chi connectivity index (χ0n) is 12.0. The molecule has 1 heterocycles. The molecular formula is C16H19NO3. The first kappa shape index (κ1) is 14.2. The maximum Gasteiger partial charge on any atom is 0.258 e. The number of hydrogen-bond acceptors (Lipinski definition) is 3. The number of rotatable bonds is 5. The summed E-state index contributed by atoms with van der Waals surface area (Å²) in [6.07, 6.45) is 1.59. The highest BCUT2D eigenvalue weighted by atomic mass is 16.5. The van der Waals surface area contributed by atoms with Crippen LogP contribution in [-0.4, -0.2) is 12.5 Å². The number of nitrogens with one attached hydrogen (secondary N) is 1. The molecule has 0 spiro atoms. The van der Waals surface area contributed by atoms with Gasteiger partial charge in [-0.2, -0.15) is 0 Å². The average molecular weight is 273 g/mol.